The van der Waals surface area contributed by atoms with E-state index in [1.807, 2.05) is 6.08 Å². The zero-order valence-electron chi connectivity index (χ0n) is 17.4. The summed E-state index contributed by atoms with van der Waals surface area (Å²) in [7, 11) is 0. The van der Waals surface area contributed by atoms with Gasteiger partial charge in [-0.25, -0.2) is 4.79 Å². The largest absolute Gasteiger partial charge is 0.458 e. The first kappa shape index (κ1) is 19.6. The van der Waals surface area contributed by atoms with Crippen molar-refractivity contribution in [3.05, 3.63) is 36.5 Å². The van der Waals surface area contributed by atoms with E-state index >= 15 is 0 Å². The number of hydrogen-bond acceptors (Lipinski definition) is 4. The van der Waals surface area contributed by atoms with Gasteiger partial charge in [0.1, 0.15) is 6.61 Å². The van der Waals surface area contributed by atoms with Crippen molar-refractivity contribution in [2.75, 3.05) is 6.61 Å². The first-order chi connectivity index (χ1) is 13.2. The Labute approximate surface area is 168 Å². The molecule has 0 aromatic carbocycles. The zero-order valence-corrected chi connectivity index (χ0v) is 17.4. The fraction of sp³-hybridized carbons (Fsp3) is 0.667. The van der Waals surface area contributed by atoms with Gasteiger partial charge in [0.25, 0.3) is 0 Å². The second kappa shape index (κ2) is 6.41. The number of Topliss-reactive ketones (excluding diaryl/α,β-unsaturated/α-hetero) is 1. The third-order valence-corrected chi connectivity index (χ3v) is 8.63. The van der Waals surface area contributed by atoms with Crippen LogP contribution in [-0.2, 0) is 19.1 Å². The average molecular weight is 385 g/mol. The van der Waals surface area contributed by atoms with Gasteiger partial charge in [0, 0.05) is 6.42 Å². The van der Waals surface area contributed by atoms with Crippen LogP contribution in [0.2, 0.25) is 0 Å². The van der Waals surface area contributed by atoms with Gasteiger partial charge in [-0.2, -0.15) is 0 Å². The molecule has 0 spiro atoms. The van der Waals surface area contributed by atoms with E-state index in [2.05, 4.69) is 40.0 Å². The van der Waals surface area contributed by atoms with Crippen LogP contribution in [0.4, 0.5) is 0 Å². The molecule has 4 nitrogen and oxygen atoms in total. The van der Waals surface area contributed by atoms with Crippen molar-refractivity contribution in [3.8, 4) is 0 Å². The van der Waals surface area contributed by atoms with E-state index in [9.17, 15) is 9.59 Å². The first-order valence-corrected chi connectivity index (χ1v) is 10.6. The molecule has 0 N–H and O–H groups in total. The van der Waals surface area contributed by atoms with Crippen LogP contribution in [-0.4, -0.2) is 30.1 Å². The number of cyclic esters (lactones) is 1. The van der Waals surface area contributed by atoms with E-state index in [-0.39, 0.29) is 40.2 Å². The molecule has 2 aliphatic heterocycles. The van der Waals surface area contributed by atoms with Gasteiger partial charge in [0.15, 0.2) is 5.78 Å². The number of hydrogen-bond donors (Lipinski definition) is 0. The van der Waals surface area contributed by atoms with Gasteiger partial charge in [-0.05, 0) is 73.3 Å². The lowest BCUT2D eigenvalue weighted by atomic mass is 9.43. The molecule has 0 unspecified atom stereocenters. The van der Waals surface area contributed by atoms with E-state index in [1.54, 1.807) is 0 Å². The third kappa shape index (κ3) is 2.53. The predicted octanol–water partition coefficient (Wildman–Crippen LogP) is 4.55. The van der Waals surface area contributed by atoms with Crippen LogP contribution >= 0.6 is 0 Å². The Kier molecular flexibility index (Phi) is 4.50. The van der Waals surface area contributed by atoms with Crippen LogP contribution in [0, 0.1) is 22.7 Å². The molecule has 0 aromatic rings. The van der Waals surface area contributed by atoms with Crippen LogP contribution in [0.1, 0.15) is 59.3 Å². The maximum atomic E-state index is 12.6. The second-order valence-electron chi connectivity index (χ2n) is 9.76. The molecular weight excluding hydrogens is 352 g/mol. The molecule has 4 aliphatic rings. The molecule has 4 heteroatoms. The minimum atomic E-state index is -0.297. The van der Waals surface area contributed by atoms with Crippen LogP contribution in [0.5, 0.6) is 0 Å². The molecule has 0 amide bonds. The molecule has 0 aromatic heterocycles. The average Bonchev–Trinajstić information content (AvgIpc) is 3.23. The van der Waals surface area contributed by atoms with Gasteiger partial charge < -0.3 is 9.47 Å². The molecule has 28 heavy (non-hydrogen) atoms. The Morgan fingerprint density at radius 3 is 2.61 bits per heavy atom. The van der Waals surface area contributed by atoms with Gasteiger partial charge in [-0.15, -0.1) is 6.58 Å². The van der Waals surface area contributed by atoms with E-state index < -0.39 is 0 Å². The Morgan fingerprint density at radius 1 is 1.21 bits per heavy atom. The van der Waals surface area contributed by atoms with Crippen LogP contribution in [0.25, 0.3) is 0 Å². The molecule has 3 fully saturated rings. The molecule has 0 bridgehead atoms. The topological polar surface area (TPSA) is 52.6 Å². The number of ketones is 1. The highest BCUT2D eigenvalue weighted by molar-refractivity contribution is 5.95. The summed E-state index contributed by atoms with van der Waals surface area (Å²) in [5.41, 5.74) is 0.948. The van der Waals surface area contributed by atoms with E-state index in [0.29, 0.717) is 24.5 Å². The van der Waals surface area contributed by atoms with Crippen molar-refractivity contribution in [3.63, 3.8) is 0 Å². The molecular formula is C24H32O4. The van der Waals surface area contributed by atoms with Gasteiger partial charge in [0.2, 0.25) is 0 Å². The highest BCUT2D eigenvalue weighted by Gasteiger charge is 2.65. The minimum Gasteiger partial charge on any atom is -0.458 e. The molecule has 4 rings (SSSR count). The number of carbonyl (C=O) groups excluding carboxylic acids is 2. The summed E-state index contributed by atoms with van der Waals surface area (Å²) in [6.45, 7) is 15.5. The van der Waals surface area contributed by atoms with Crippen molar-refractivity contribution in [2.45, 2.75) is 71.0 Å². The lowest BCUT2D eigenvalue weighted by Gasteiger charge is -2.62. The predicted molar refractivity (Wildman–Crippen MR) is 108 cm³/mol. The van der Waals surface area contributed by atoms with Crippen molar-refractivity contribution >= 4 is 11.8 Å². The Bertz CT molecular complexity index is 779. The summed E-state index contributed by atoms with van der Waals surface area (Å²) in [6.07, 6.45) is 8.59. The van der Waals surface area contributed by atoms with Crippen LogP contribution in [0.3, 0.4) is 0 Å². The molecule has 2 saturated carbocycles. The molecule has 6 atom stereocenters. The Morgan fingerprint density at radius 2 is 1.96 bits per heavy atom. The smallest absolute Gasteiger partial charge is 0.336 e. The SMILES string of the molecule is C=C[C@]12CC[C@@]3(C)O[C@H](C4=CCOC4=O)C[C@H]3[C@]1(C)CCC(=O)C(=C)C[C@@H]2C. The zero-order chi connectivity index (χ0) is 20.3. The number of ether oxygens (including phenoxy) is 2. The summed E-state index contributed by atoms with van der Waals surface area (Å²) in [5.74, 6) is 0.499. The van der Waals surface area contributed by atoms with Crippen LogP contribution in [0.15, 0.2) is 36.5 Å². The fourth-order valence-corrected chi connectivity index (χ4v) is 6.95. The summed E-state index contributed by atoms with van der Waals surface area (Å²) < 4.78 is 11.7. The van der Waals surface area contributed by atoms with Gasteiger partial charge >= 0.3 is 5.97 Å². The second-order valence-corrected chi connectivity index (χ2v) is 9.76. The van der Waals surface area contributed by atoms with E-state index in [1.165, 1.54) is 0 Å². The highest BCUT2D eigenvalue weighted by Crippen LogP contribution is 2.68. The normalized spacial score (nSPS) is 46.2. The van der Waals surface area contributed by atoms with E-state index in [0.717, 1.165) is 37.7 Å². The van der Waals surface area contributed by atoms with Crippen molar-refractivity contribution in [1.82, 2.24) is 0 Å². The van der Waals surface area contributed by atoms with Gasteiger partial charge in [-0.3, -0.25) is 4.79 Å². The monoisotopic (exact) mass is 384 g/mol. The first-order valence-electron chi connectivity index (χ1n) is 10.6. The summed E-state index contributed by atoms with van der Waals surface area (Å²) in [4.78, 5) is 24.7. The maximum absolute atomic E-state index is 12.6. The molecule has 0 radical (unpaired) electrons. The van der Waals surface area contributed by atoms with Crippen molar-refractivity contribution < 1.29 is 19.1 Å². The van der Waals surface area contributed by atoms with Gasteiger partial charge in [-0.1, -0.05) is 26.5 Å². The molecule has 2 heterocycles. The number of fused-ring (bicyclic) bond motifs is 3. The number of rotatable bonds is 2. The Hall–Kier alpha value is -1.68. The fourth-order valence-electron chi connectivity index (χ4n) is 6.95. The summed E-state index contributed by atoms with van der Waals surface area (Å²) in [6, 6.07) is 0. The lowest BCUT2D eigenvalue weighted by Crippen LogP contribution is -2.58. The van der Waals surface area contributed by atoms with Crippen molar-refractivity contribution in [2.24, 2.45) is 22.7 Å². The minimum absolute atomic E-state index is 0.0658. The third-order valence-electron chi connectivity index (χ3n) is 8.63. The number of allylic oxidation sites excluding steroid dienone is 2. The molecule has 2 aliphatic carbocycles. The van der Waals surface area contributed by atoms with E-state index in [4.69, 9.17) is 9.47 Å². The highest BCUT2D eigenvalue weighted by atomic mass is 16.5. The summed E-state index contributed by atoms with van der Waals surface area (Å²) in [5, 5.41) is 0. The Balaban J connectivity index is 1.75. The molecule has 1 saturated heterocycles. The lowest BCUT2D eigenvalue weighted by molar-refractivity contribution is -0.157. The molecule has 152 valence electrons. The standard InChI is InChI=1S/C24H32O4/c1-6-24-11-10-23(5)20(14-19(28-23)17-8-12-27-21(17)26)22(24,4)9-7-18(25)15(2)13-16(24)3/h6,8,16,19-20H,1-2,7,9-14H2,3-5H3/t16-,19-,20-,22-,23+,24+/m0/s1. The van der Waals surface area contributed by atoms with Crippen LogP contribution < -0.4 is 0 Å². The van der Waals surface area contributed by atoms with Crippen molar-refractivity contribution in [1.29, 1.82) is 0 Å². The number of esters is 1. The maximum Gasteiger partial charge on any atom is 0.336 e. The van der Waals surface area contributed by atoms with Gasteiger partial charge in [0.05, 0.1) is 17.3 Å². The quantitative estimate of drug-likeness (QED) is 0.398. The number of carbonyl (C=O) groups is 2. The summed E-state index contributed by atoms with van der Waals surface area (Å²) >= 11 is 0.